The van der Waals surface area contributed by atoms with Crippen LogP contribution < -0.4 is 0 Å². The van der Waals surface area contributed by atoms with E-state index in [1.165, 1.54) is 7.11 Å². The zero-order valence-electron chi connectivity index (χ0n) is 13.7. The van der Waals surface area contributed by atoms with Crippen LogP contribution in [0.4, 0.5) is 0 Å². The highest BCUT2D eigenvalue weighted by molar-refractivity contribution is 5.83. The first-order valence-corrected chi connectivity index (χ1v) is 7.31. The van der Waals surface area contributed by atoms with E-state index < -0.39 is 11.9 Å². The molecule has 5 heteroatoms. The zero-order chi connectivity index (χ0) is 17.0. The lowest BCUT2D eigenvalue weighted by Crippen LogP contribution is -2.30. The minimum Gasteiger partial charge on any atom is -0.469 e. The van der Waals surface area contributed by atoms with E-state index in [9.17, 15) is 9.59 Å². The van der Waals surface area contributed by atoms with Gasteiger partial charge in [-0.3, -0.25) is 9.59 Å². The molecule has 1 unspecified atom stereocenters. The van der Waals surface area contributed by atoms with Gasteiger partial charge < -0.3 is 9.64 Å². The Morgan fingerprint density at radius 3 is 2.36 bits per heavy atom. The Morgan fingerprint density at radius 1 is 1.27 bits per heavy atom. The van der Waals surface area contributed by atoms with Crippen LogP contribution in [0.15, 0.2) is 30.3 Å². The van der Waals surface area contributed by atoms with Crippen molar-refractivity contribution in [2.45, 2.75) is 33.2 Å². The van der Waals surface area contributed by atoms with E-state index in [2.05, 4.69) is 4.74 Å². The molecule has 0 aromatic heterocycles. The van der Waals surface area contributed by atoms with Crippen LogP contribution in [0.5, 0.6) is 0 Å². The topological polar surface area (TPSA) is 70.4 Å². The Morgan fingerprint density at radius 2 is 1.86 bits per heavy atom. The molecular formula is C17H24N2O3. The van der Waals surface area contributed by atoms with Crippen LogP contribution in [-0.2, 0) is 20.9 Å². The highest BCUT2D eigenvalue weighted by Gasteiger charge is 2.24. The maximum Gasteiger partial charge on any atom is 0.310 e. The summed E-state index contributed by atoms with van der Waals surface area (Å²) >= 11 is 0. The van der Waals surface area contributed by atoms with E-state index in [0.29, 0.717) is 6.54 Å². The van der Waals surface area contributed by atoms with Crippen molar-refractivity contribution in [3.8, 4) is 6.07 Å². The maximum atomic E-state index is 12.1. The largest absolute Gasteiger partial charge is 0.469 e. The molecule has 1 atom stereocenters. The predicted molar refractivity (Wildman–Crippen MR) is 84.6 cm³/mol. The molecule has 5 nitrogen and oxygen atoms in total. The third-order valence-corrected chi connectivity index (χ3v) is 2.98. The van der Waals surface area contributed by atoms with Gasteiger partial charge in [0.15, 0.2) is 0 Å². The van der Waals surface area contributed by atoms with Crippen molar-refractivity contribution in [2.75, 3.05) is 14.2 Å². The molecule has 120 valence electrons. The number of methoxy groups -OCH3 is 1. The summed E-state index contributed by atoms with van der Waals surface area (Å²) in [5.41, 5.74) is 1.01. The molecule has 0 heterocycles. The molecular weight excluding hydrogens is 280 g/mol. The van der Waals surface area contributed by atoms with Gasteiger partial charge in [0.2, 0.25) is 5.91 Å². The van der Waals surface area contributed by atoms with Crippen molar-refractivity contribution in [3.05, 3.63) is 35.9 Å². The van der Waals surface area contributed by atoms with Gasteiger partial charge in [0, 0.05) is 26.4 Å². The molecule has 1 aromatic rings. The number of nitrogens with zero attached hydrogens (tertiary/aromatic N) is 2. The average molecular weight is 304 g/mol. The van der Waals surface area contributed by atoms with Crippen LogP contribution in [-0.4, -0.2) is 30.9 Å². The van der Waals surface area contributed by atoms with Crippen LogP contribution >= 0.6 is 0 Å². The fraction of sp³-hybridized carbons (Fsp3) is 0.471. The number of carbonyl (C=O) groups is 2. The molecule has 0 saturated carbocycles. The highest BCUT2D eigenvalue weighted by atomic mass is 16.5. The Balaban J connectivity index is 0.00000211. The van der Waals surface area contributed by atoms with Crippen LogP contribution in [0.3, 0.4) is 0 Å². The molecule has 1 amide bonds. The molecule has 1 aromatic carbocycles. The minimum atomic E-state index is -0.698. The first kappa shape index (κ1) is 19.7. The van der Waals surface area contributed by atoms with Crippen LogP contribution in [0.25, 0.3) is 0 Å². The van der Waals surface area contributed by atoms with Crippen molar-refractivity contribution < 1.29 is 14.3 Å². The van der Waals surface area contributed by atoms with Crippen molar-refractivity contribution in [2.24, 2.45) is 5.92 Å². The van der Waals surface area contributed by atoms with Crippen molar-refractivity contribution >= 4 is 11.9 Å². The molecule has 22 heavy (non-hydrogen) atoms. The van der Waals surface area contributed by atoms with Crippen LogP contribution in [0.1, 0.15) is 32.3 Å². The maximum absolute atomic E-state index is 12.1. The second-order valence-electron chi connectivity index (χ2n) is 4.52. The fourth-order valence-corrected chi connectivity index (χ4v) is 1.83. The first-order chi connectivity index (χ1) is 10.6. The number of hydrogen-bond acceptors (Lipinski definition) is 4. The molecule has 0 aliphatic heterocycles. The quantitative estimate of drug-likeness (QED) is 0.758. The Kier molecular flexibility index (Phi) is 10.1. The van der Waals surface area contributed by atoms with Crippen molar-refractivity contribution in [1.29, 1.82) is 5.26 Å². The molecule has 0 saturated heterocycles. The van der Waals surface area contributed by atoms with Gasteiger partial charge in [-0.2, -0.15) is 5.26 Å². The summed E-state index contributed by atoms with van der Waals surface area (Å²) in [4.78, 5) is 25.1. The number of carbonyl (C=O) groups excluding carboxylic acids is 2. The van der Waals surface area contributed by atoms with E-state index >= 15 is 0 Å². The third kappa shape index (κ3) is 6.89. The molecule has 0 bridgehead atoms. The van der Waals surface area contributed by atoms with Gasteiger partial charge in [-0.1, -0.05) is 44.2 Å². The number of rotatable bonds is 6. The summed E-state index contributed by atoms with van der Waals surface area (Å²) in [7, 11) is 2.93. The summed E-state index contributed by atoms with van der Waals surface area (Å²) in [6.45, 7) is 4.47. The summed E-state index contributed by atoms with van der Waals surface area (Å²) in [6, 6.07) is 11.5. The number of ether oxygens (including phenoxy) is 1. The summed E-state index contributed by atoms with van der Waals surface area (Å²) in [5, 5.41) is 8.69. The lowest BCUT2D eigenvalue weighted by molar-refractivity contribution is -0.148. The lowest BCUT2D eigenvalue weighted by atomic mass is 10.0. The summed E-state index contributed by atoms with van der Waals surface area (Å²) < 4.78 is 4.60. The number of benzene rings is 1. The molecule has 0 N–H and O–H groups in total. The van der Waals surface area contributed by atoms with Gasteiger partial charge in [-0.15, -0.1) is 0 Å². The molecule has 0 fully saturated rings. The van der Waals surface area contributed by atoms with Crippen LogP contribution in [0.2, 0.25) is 0 Å². The van der Waals surface area contributed by atoms with E-state index in [4.69, 9.17) is 5.26 Å². The Bertz CT molecular complexity index is 494. The van der Waals surface area contributed by atoms with Gasteiger partial charge >= 0.3 is 5.97 Å². The van der Waals surface area contributed by atoms with Gasteiger partial charge in [0.25, 0.3) is 0 Å². The second kappa shape index (κ2) is 11.3. The molecule has 0 aliphatic carbocycles. The van der Waals surface area contributed by atoms with Gasteiger partial charge in [-0.05, 0) is 5.56 Å². The lowest BCUT2D eigenvalue weighted by Gasteiger charge is -2.19. The fourth-order valence-electron chi connectivity index (χ4n) is 1.83. The van der Waals surface area contributed by atoms with Crippen molar-refractivity contribution in [1.82, 2.24) is 4.90 Å². The van der Waals surface area contributed by atoms with Gasteiger partial charge in [0.05, 0.1) is 19.1 Å². The predicted octanol–water partition coefficient (Wildman–Crippen LogP) is 2.76. The SMILES string of the molecule is CC.COC(=O)C(CC#N)CC(=O)N(C)Cc1ccccc1. The summed E-state index contributed by atoms with van der Waals surface area (Å²) in [6.07, 6.45) is -0.0266. The van der Waals surface area contributed by atoms with E-state index in [-0.39, 0.29) is 18.7 Å². The monoisotopic (exact) mass is 304 g/mol. The van der Waals surface area contributed by atoms with Gasteiger partial charge in [0.1, 0.15) is 0 Å². The van der Waals surface area contributed by atoms with Gasteiger partial charge in [-0.25, -0.2) is 0 Å². The van der Waals surface area contributed by atoms with E-state index in [1.807, 2.05) is 50.2 Å². The normalized spacial score (nSPS) is 10.5. The number of hydrogen-bond donors (Lipinski definition) is 0. The Labute approximate surface area is 132 Å². The summed E-state index contributed by atoms with van der Waals surface area (Å²) in [5.74, 6) is -1.40. The standard InChI is InChI=1S/C15H18N2O3.C2H6/c1-17(11-12-6-4-3-5-7-12)14(18)10-13(8-9-16)15(19)20-2;1-2/h3-7,13H,8,10-11H2,1-2H3;1-2H3. The molecule has 0 spiro atoms. The second-order valence-corrected chi connectivity index (χ2v) is 4.52. The number of amides is 1. The number of esters is 1. The molecule has 1 rings (SSSR count). The first-order valence-electron chi connectivity index (χ1n) is 7.31. The Hall–Kier alpha value is -2.35. The number of nitriles is 1. The van der Waals surface area contributed by atoms with E-state index in [1.54, 1.807) is 11.9 Å². The molecule has 0 radical (unpaired) electrons. The third-order valence-electron chi connectivity index (χ3n) is 2.98. The van der Waals surface area contributed by atoms with Crippen molar-refractivity contribution in [3.63, 3.8) is 0 Å². The zero-order valence-corrected chi connectivity index (χ0v) is 13.7. The average Bonchev–Trinajstić information content (AvgIpc) is 2.56. The molecule has 0 aliphatic rings. The smallest absolute Gasteiger partial charge is 0.310 e. The van der Waals surface area contributed by atoms with Crippen LogP contribution in [0, 0.1) is 17.2 Å². The highest BCUT2D eigenvalue weighted by Crippen LogP contribution is 2.13. The minimum absolute atomic E-state index is 0.0104. The van der Waals surface area contributed by atoms with E-state index in [0.717, 1.165) is 5.56 Å².